The summed E-state index contributed by atoms with van der Waals surface area (Å²) >= 11 is 0. The summed E-state index contributed by atoms with van der Waals surface area (Å²) in [5.74, 6) is 0.860. The average Bonchev–Trinajstić information content (AvgIpc) is 2.28. The molecule has 2 unspecified atom stereocenters. The maximum atomic E-state index is 11.6. The van der Waals surface area contributed by atoms with E-state index in [0.717, 1.165) is 0 Å². The number of hydrogen-bond acceptors (Lipinski definition) is 4. The lowest BCUT2D eigenvalue weighted by Gasteiger charge is -2.30. The molecule has 1 heterocycles. The molecular weight excluding hydrogens is 208 g/mol. The third kappa shape index (κ3) is 1.96. The minimum atomic E-state index is -0.685. The molecule has 1 aliphatic rings. The van der Waals surface area contributed by atoms with E-state index < -0.39 is 6.10 Å². The van der Waals surface area contributed by atoms with Gasteiger partial charge >= 0.3 is 5.97 Å². The predicted molar refractivity (Wildman–Crippen MR) is 57.6 cm³/mol. The first-order valence-electron chi connectivity index (χ1n) is 5.31. The summed E-state index contributed by atoms with van der Waals surface area (Å²) in [7, 11) is 0. The van der Waals surface area contributed by atoms with Gasteiger partial charge in [-0.05, 0) is 26.0 Å². The van der Waals surface area contributed by atoms with Crippen LogP contribution in [0.5, 0.6) is 11.5 Å². The Morgan fingerprint density at radius 1 is 1.31 bits per heavy atom. The van der Waals surface area contributed by atoms with Crippen molar-refractivity contribution in [1.82, 2.24) is 0 Å². The van der Waals surface area contributed by atoms with Crippen LogP contribution in [0.2, 0.25) is 0 Å². The normalized spacial score (nSPS) is 22.6. The highest BCUT2D eigenvalue weighted by atomic mass is 16.6. The summed E-state index contributed by atoms with van der Waals surface area (Å²) in [6.07, 6.45) is -1.02. The van der Waals surface area contributed by atoms with Crippen LogP contribution in [0.15, 0.2) is 24.3 Å². The van der Waals surface area contributed by atoms with Gasteiger partial charge in [-0.1, -0.05) is 12.1 Å². The van der Waals surface area contributed by atoms with E-state index in [1.165, 1.54) is 0 Å². The quantitative estimate of drug-likeness (QED) is 0.715. The molecule has 0 saturated carbocycles. The van der Waals surface area contributed by atoms with Gasteiger partial charge in [0.15, 0.2) is 11.5 Å². The van der Waals surface area contributed by atoms with E-state index in [2.05, 4.69) is 0 Å². The summed E-state index contributed by atoms with van der Waals surface area (Å²) < 4.78 is 16.1. The monoisotopic (exact) mass is 222 g/mol. The largest absolute Gasteiger partial charge is 0.482 e. The number of hydrogen-bond donors (Lipinski definition) is 0. The van der Waals surface area contributed by atoms with E-state index in [4.69, 9.17) is 14.2 Å². The van der Waals surface area contributed by atoms with Gasteiger partial charge in [0.25, 0.3) is 0 Å². The number of para-hydroxylation sites is 2. The summed E-state index contributed by atoms with van der Waals surface area (Å²) in [5, 5.41) is 0. The van der Waals surface area contributed by atoms with E-state index in [0.29, 0.717) is 18.1 Å². The molecule has 4 heteroatoms. The van der Waals surface area contributed by atoms with Crippen molar-refractivity contribution in [3.8, 4) is 11.5 Å². The second-order valence-corrected chi connectivity index (χ2v) is 3.56. The number of carbonyl (C=O) groups is 1. The molecule has 0 N–H and O–H groups in total. The van der Waals surface area contributed by atoms with Crippen molar-refractivity contribution < 1.29 is 19.0 Å². The summed E-state index contributed by atoms with van der Waals surface area (Å²) in [6.45, 7) is 3.89. The first-order chi connectivity index (χ1) is 7.72. The smallest absolute Gasteiger partial charge is 0.351 e. The van der Waals surface area contributed by atoms with Crippen LogP contribution in [0.3, 0.4) is 0 Å². The lowest BCUT2D eigenvalue weighted by Crippen LogP contribution is -2.44. The third-order valence-corrected chi connectivity index (χ3v) is 2.36. The highest BCUT2D eigenvalue weighted by molar-refractivity contribution is 5.76. The highest BCUT2D eigenvalue weighted by Gasteiger charge is 2.34. The van der Waals surface area contributed by atoms with Gasteiger partial charge in [-0.25, -0.2) is 4.79 Å². The highest BCUT2D eigenvalue weighted by Crippen LogP contribution is 2.33. The van der Waals surface area contributed by atoms with E-state index in [1.807, 2.05) is 18.2 Å². The van der Waals surface area contributed by atoms with Crippen LogP contribution in [-0.2, 0) is 9.53 Å². The van der Waals surface area contributed by atoms with Crippen LogP contribution in [0, 0.1) is 0 Å². The van der Waals surface area contributed by atoms with Crippen molar-refractivity contribution in [2.75, 3.05) is 6.61 Å². The molecule has 16 heavy (non-hydrogen) atoms. The Morgan fingerprint density at radius 2 is 1.94 bits per heavy atom. The molecule has 0 saturated heterocycles. The fraction of sp³-hybridized carbons (Fsp3) is 0.417. The lowest BCUT2D eigenvalue weighted by molar-refractivity contribution is -0.157. The molecular formula is C12H14O4. The number of ether oxygens (including phenoxy) is 3. The molecule has 1 aromatic rings. The van der Waals surface area contributed by atoms with Crippen LogP contribution < -0.4 is 9.47 Å². The number of rotatable bonds is 2. The Kier molecular flexibility index (Phi) is 2.99. The van der Waals surface area contributed by atoms with Crippen molar-refractivity contribution >= 4 is 5.97 Å². The Hall–Kier alpha value is -1.71. The van der Waals surface area contributed by atoms with Crippen molar-refractivity contribution in [2.45, 2.75) is 26.1 Å². The van der Waals surface area contributed by atoms with Gasteiger partial charge in [0.05, 0.1) is 6.61 Å². The summed E-state index contributed by atoms with van der Waals surface area (Å²) in [5.41, 5.74) is 0. The standard InChI is InChI=1S/C12H14O4/c1-3-14-12(13)11-8(2)15-9-6-4-5-7-10(9)16-11/h4-8,11H,3H2,1-2H3. The summed E-state index contributed by atoms with van der Waals surface area (Å²) in [4.78, 5) is 11.6. The van der Waals surface area contributed by atoms with Crippen LogP contribution in [0.25, 0.3) is 0 Å². The Balaban J connectivity index is 2.18. The Bertz CT molecular complexity index is 388. The van der Waals surface area contributed by atoms with Crippen LogP contribution >= 0.6 is 0 Å². The molecule has 0 fully saturated rings. The molecule has 4 nitrogen and oxygen atoms in total. The van der Waals surface area contributed by atoms with E-state index in [-0.39, 0.29) is 12.1 Å². The maximum absolute atomic E-state index is 11.6. The van der Waals surface area contributed by atoms with E-state index in [1.54, 1.807) is 19.9 Å². The number of esters is 1. The fourth-order valence-corrected chi connectivity index (χ4v) is 1.60. The molecule has 2 rings (SSSR count). The van der Waals surface area contributed by atoms with Gasteiger partial charge in [0.1, 0.15) is 6.10 Å². The molecule has 86 valence electrons. The SMILES string of the molecule is CCOC(=O)C1Oc2ccccc2OC1C. The zero-order valence-electron chi connectivity index (χ0n) is 9.30. The van der Waals surface area contributed by atoms with Gasteiger partial charge in [0, 0.05) is 0 Å². The molecule has 1 aromatic carbocycles. The van der Waals surface area contributed by atoms with Gasteiger partial charge < -0.3 is 14.2 Å². The van der Waals surface area contributed by atoms with Crippen molar-refractivity contribution in [3.63, 3.8) is 0 Å². The molecule has 0 spiro atoms. The predicted octanol–water partition coefficient (Wildman–Crippen LogP) is 1.78. The molecule has 0 aliphatic carbocycles. The van der Waals surface area contributed by atoms with Gasteiger partial charge in [-0.2, -0.15) is 0 Å². The molecule has 0 radical (unpaired) electrons. The first kappa shape index (κ1) is 10.8. The molecule has 1 aliphatic heterocycles. The minimum Gasteiger partial charge on any atom is -0.482 e. The number of fused-ring (bicyclic) bond motifs is 1. The average molecular weight is 222 g/mol. The second kappa shape index (κ2) is 4.43. The Morgan fingerprint density at radius 3 is 2.56 bits per heavy atom. The number of carbonyl (C=O) groups excluding carboxylic acids is 1. The molecule has 2 atom stereocenters. The molecule has 0 amide bonds. The lowest BCUT2D eigenvalue weighted by atomic mass is 10.2. The van der Waals surface area contributed by atoms with Gasteiger partial charge in [0.2, 0.25) is 6.10 Å². The zero-order chi connectivity index (χ0) is 11.5. The van der Waals surface area contributed by atoms with Crippen molar-refractivity contribution in [1.29, 1.82) is 0 Å². The maximum Gasteiger partial charge on any atom is 0.351 e. The van der Waals surface area contributed by atoms with Gasteiger partial charge in [-0.15, -0.1) is 0 Å². The first-order valence-corrected chi connectivity index (χ1v) is 5.31. The van der Waals surface area contributed by atoms with Crippen LogP contribution in [0.1, 0.15) is 13.8 Å². The fourth-order valence-electron chi connectivity index (χ4n) is 1.60. The van der Waals surface area contributed by atoms with Crippen molar-refractivity contribution in [3.05, 3.63) is 24.3 Å². The zero-order valence-corrected chi connectivity index (χ0v) is 9.30. The molecule has 0 aromatic heterocycles. The third-order valence-electron chi connectivity index (χ3n) is 2.36. The van der Waals surface area contributed by atoms with Gasteiger partial charge in [-0.3, -0.25) is 0 Å². The second-order valence-electron chi connectivity index (χ2n) is 3.56. The minimum absolute atomic E-state index is 0.339. The van der Waals surface area contributed by atoms with Crippen LogP contribution in [-0.4, -0.2) is 24.8 Å². The van der Waals surface area contributed by atoms with E-state index in [9.17, 15) is 4.79 Å². The summed E-state index contributed by atoms with van der Waals surface area (Å²) in [6, 6.07) is 7.28. The van der Waals surface area contributed by atoms with Crippen LogP contribution in [0.4, 0.5) is 0 Å². The molecule has 0 bridgehead atoms. The number of benzene rings is 1. The van der Waals surface area contributed by atoms with E-state index >= 15 is 0 Å². The van der Waals surface area contributed by atoms with Crippen molar-refractivity contribution in [2.24, 2.45) is 0 Å². The topological polar surface area (TPSA) is 44.8 Å². The Labute approximate surface area is 94.1 Å².